The monoisotopic (exact) mass is 240 g/mol. The Kier molecular flexibility index (Phi) is 5.29. The molecule has 0 N–H and O–H groups in total. The van der Waals surface area contributed by atoms with Crippen LogP contribution in [-0.4, -0.2) is 33.6 Å². The molecule has 0 fully saturated rings. The summed E-state index contributed by atoms with van der Waals surface area (Å²) in [5.74, 6) is 0.596. The van der Waals surface area contributed by atoms with Gasteiger partial charge < -0.3 is 18.9 Å². The van der Waals surface area contributed by atoms with Crippen LogP contribution in [0.25, 0.3) is 0 Å². The molecule has 0 radical (unpaired) electrons. The average Bonchev–Trinajstić information content (AvgIpc) is 2.36. The fourth-order valence-corrected chi connectivity index (χ4v) is 1.25. The lowest BCUT2D eigenvalue weighted by Crippen LogP contribution is -2.06. The number of carbonyl (C=O) groups excluding carboxylic acids is 1. The van der Waals surface area contributed by atoms with Crippen molar-refractivity contribution < 1.29 is 23.7 Å². The van der Waals surface area contributed by atoms with E-state index in [1.165, 1.54) is 14.2 Å². The third kappa shape index (κ3) is 3.64. The van der Waals surface area contributed by atoms with Crippen LogP contribution >= 0.6 is 0 Å². The van der Waals surface area contributed by atoms with Crippen molar-refractivity contribution in [3.63, 3.8) is 0 Å². The summed E-state index contributed by atoms with van der Waals surface area (Å²) < 4.78 is 20.1. The van der Waals surface area contributed by atoms with E-state index in [2.05, 4.69) is 0 Å². The first kappa shape index (κ1) is 13.3. The third-order valence-electron chi connectivity index (χ3n) is 2.01. The predicted molar refractivity (Wildman–Crippen MR) is 61.5 cm³/mol. The third-order valence-corrected chi connectivity index (χ3v) is 2.01. The zero-order valence-corrected chi connectivity index (χ0v) is 10.2. The first-order valence-electron chi connectivity index (χ1n) is 5.19. The summed E-state index contributed by atoms with van der Waals surface area (Å²) in [4.78, 5) is 11.5. The van der Waals surface area contributed by atoms with E-state index in [1.807, 2.05) is 0 Å². The van der Waals surface area contributed by atoms with Gasteiger partial charge in [0.2, 0.25) is 0 Å². The molecule has 1 aromatic carbocycles. The van der Waals surface area contributed by atoms with Gasteiger partial charge in [0.05, 0.1) is 19.3 Å². The quantitative estimate of drug-likeness (QED) is 0.561. The van der Waals surface area contributed by atoms with Crippen LogP contribution in [0.4, 0.5) is 0 Å². The molecule has 0 atom stereocenters. The van der Waals surface area contributed by atoms with Gasteiger partial charge in [-0.05, 0) is 25.1 Å². The number of esters is 1. The summed E-state index contributed by atoms with van der Waals surface area (Å²) >= 11 is 0. The Bertz CT molecular complexity index is 375. The van der Waals surface area contributed by atoms with Crippen molar-refractivity contribution in [1.29, 1.82) is 0 Å². The molecular formula is C12H16O5. The molecule has 0 saturated carbocycles. The molecule has 94 valence electrons. The molecule has 0 aromatic heterocycles. The maximum Gasteiger partial charge on any atom is 0.338 e. The number of rotatable bonds is 6. The second kappa shape index (κ2) is 6.75. The first-order chi connectivity index (χ1) is 8.22. The molecule has 0 saturated heterocycles. The molecule has 0 amide bonds. The van der Waals surface area contributed by atoms with E-state index in [-0.39, 0.29) is 12.8 Å². The molecule has 0 aliphatic heterocycles. The summed E-state index contributed by atoms with van der Waals surface area (Å²) in [5, 5.41) is 0. The molecule has 0 aliphatic rings. The standard InChI is InChI=1S/C12H16O5/c1-4-16-12(13)9-5-6-10(17-8-14-2)11(7-9)15-3/h5-7H,4,8H2,1-3H3. The Morgan fingerprint density at radius 2 is 2.00 bits per heavy atom. The molecular weight excluding hydrogens is 224 g/mol. The minimum Gasteiger partial charge on any atom is -0.493 e. The van der Waals surface area contributed by atoms with E-state index >= 15 is 0 Å². The van der Waals surface area contributed by atoms with Gasteiger partial charge in [0, 0.05) is 7.11 Å². The van der Waals surface area contributed by atoms with Gasteiger partial charge in [-0.1, -0.05) is 0 Å². The zero-order valence-electron chi connectivity index (χ0n) is 10.2. The van der Waals surface area contributed by atoms with Crippen LogP contribution in [-0.2, 0) is 9.47 Å². The van der Waals surface area contributed by atoms with Crippen LogP contribution in [0.3, 0.4) is 0 Å². The lowest BCUT2D eigenvalue weighted by molar-refractivity contribution is 0.0489. The van der Waals surface area contributed by atoms with E-state index in [9.17, 15) is 4.79 Å². The largest absolute Gasteiger partial charge is 0.493 e. The van der Waals surface area contributed by atoms with Crippen LogP contribution in [0.5, 0.6) is 11.5 Å². The number of hydrogen-bond acceptors (Lipinski definition) is 5. The highest BCUT2D eigenvalue weighted by Crippen LogP contribution is 2.28. The zero-order chi connectivity index (χ0) is 12.7. The summed E-state index contributed by atoms with van der Waals surface area (Å²) in [6.45, 7) is 2.21. The van der Waals surface area contributed by atoms with Crippen molar-refractivity contribution in [2.75, 3.05) is 27.6 Å². The van der Waals surface area contributed by atoms with Gasteiger partial charge in [-0.25, -0.2) is 4.79 Å². The SMILES string of the molecule is CCOC(=O)c1ccc(OCOC)c(OC)c1. The van der Waals surface area contributed by atoms with E-state index in [1.54, 1.807) is 25.1 Å². The Morgan fingerprint density at radius 3 is 2.59 bits per heavy atom. The number of benzene rings is 1. The highest BCUT2D eigenvalue weighted by Gasteiger charge is 2.11. The molecule has 5 nitrogen and oxygen atoms in total. The second-order valence-electron chi connectivity index (χ2n) is 3.14. The van der Waals surface area contributed by atoms with Gasteiger partial charge in [0.25, 0.3) is 0 Å². The van der Waals surface area contributed by atoms with Crippen LogP contribution in [0.15, 0.2) is 18.2 Å². The van der Waals surface area contributed by atoms with Gasteiger partial charge in [0.15, 0.2) is 18.3 Å². The number of carbonyl (C=O) groups is 1. The van der Waals surface area contributed by atoms with E-state index < -0.39 is 0 Å². The lowest BCUT2D eigenvalue weighted by atomic mass is 10.2. The van der Waals surface area contributed by atoms with Gasteiger partial charge in [-0.15, -0.1) is 0 Å². The maximum atomic E-state index is 11.5. The Balaban J connectivity index is 2.87. The lowest BCUT2D eigenvalue weighted by Gasteiger charge is -2.11. The van der Waals surface area contributed by atoms with Gasteiger partial charge in [0.1, 0.15) is 0 Å². The van der Waals surface area contributed by atoms with Crippen molar-refractivity contribution in [3.8, 4) is 11.5 Å². The molecule has 0 bridgehead atoms. The van der Waals surface area contributed by atoms with Gasteiger partial charge in [-0.3, -0.25) is 0 Å². The van der Waals surface area contributed by atoms with E-state index in [0.29, 0.717) is 23.7 Å². The highest BCUT2D eigenvalue weighted by atomic mass is 16.7. The van der Waals surface area contributed by atoms with Crippen LogP contribution in [0, 0.1) is 0 Å². The first-order valence-corrected chi connectivity index (χ1v) is 5.19. The molecule has 0 aliphatic carbocycles. The Hall–Kier alpha value is -1.75. The molecule has 0 unspecified atom stereocenters. The van der Waals surface area contributed by atoms with Crippen molar-refractivity contribution in [1.82, 2.24) is 0 Å². The minimum atomic E-state index is -0.385. The highest BCUT2D eigenvalue weighted by molar-refractivity contribution is 5.90. The van der Waals surface area contributed by atoms with Gasteiger partial charge >= 0.3 is 5.97 Å². The Morgan fingerprint density at radius 1 is 1.24 bits per heavy atom. The minimum absolute atomic E-state index is 0.120. The summed E-state index contributed by atoms with van der Waals surface area (Å²) in [6, 6.07) is 4.83. The summed E-state index contributed by atoms with van der Waals surface area (Å²) in [5.41, 5.74) is 0.425. The normalized spacial score (nSPS) is 9.82. The summed E-state index contributed by atoms with van der Waals surface area (Å²) in [6.07, 6.45) is 0. The summed E-state index contributed by atoms with van der Waals surface area (Å²) in [7, 11) is 3.03. The molecule has 0 heterocycles. The average molecular weight is 240 g/mol. The molecule has 5 heteroatoms. The van der Waals surface area contributed by atoms with E-state index in [4.69, 9.17) is 18.9 Å². The van der Waals surface area contributed by atoms with Crippen molar-refractivity contribution >= 4 is 5.97 Å². The van der Waals surface area contributed by atoms with Crippen LogP contribution in [0.2, 0.25) is 0 Å². The number of hydrogen-bond donors (Lipinski definition) is 0. The molecule has 17 heavy (non-hydrogen) atoms. The topological polar surface area (TPSA) is 54.0 Å². The Labute approximate surface area is 100 Å². The number of ether oxygens (including phenoxy) is 4. The van der Waals surface area contributed by atoms with Gasteiger partial charge in [-0.2, -0.15) is 0 Å². The smallest absolute Gasteiger partial charge is 0.338 e. The fraction of sp³-hybridized carbons (Fsp3) is 0.417. The van der Waals surface area contributed by atoms with Crippen molar-refractivity contribution in [3.05, 3.63) is 23.8 Å². The molecule has 1 aromatic rings. The fourth-order valence-electron chi connectivity index (χ4n) is 1.25. The molecule has 1 rings (SSSR count). The predicted octanol–water partition coefficient (Wildman–Crippen LogP) is 1.85. The van der Waals surface area contributed by atoms with Crippen LogP contribution in [0.1, 0.15) is 17.3 Å². The van der Waals surface area contributed by atoms with E-state index in [0.717, 1.165) is 0 Å². The second-order valence-corrected chi connectivity index (χ2v) is 3.14. The van der Waals surface area contributed by atoms with Crippen molar-refractivity contribution in [2.45, 2.75) is 6.92 Å². The maximum absolute atomic E-state index is 11.5. The number of methoxy groups -OCH3 is 2. The van der Waals surface area contributed by atoms with Crippen molar-refractivity contribution in [2.24, 2.45) is 0 Å². The molecule has 0 spiro atoms. The van der Waals surface area contributed by atoms with Crippen LogP contribution < -0.4 is 9.47 Å².